The van der Waals surface area contributed by atoms with Gasteiger partial charge in [0.1, 0.15) is 0 Å². The first-order valence-electron chi connectivity index (χ1n) is 11.9. The Labute approximate surface area is 203 Å². The van der Waals surface area contributed by atoms with Crippen LogP contribution in [0.2, 0.25) is 0 Å². The van der Waals surface area contributed by atoms with Crippen LogP contribution >= 0.6 is 0 Å². The highest BCUT2D eigenvalue weighted by molar-refractivity contribution is 5.78. The van der Waals surface area contributed by atoms with Gasteiger partial charge in [0.15, 0.2) is 11.6 Å². The Morgan fingerprint density at radius 2 is 1.77 bits per heavy atom. The standard InChI is InChI=1S/C25H29FN8O/c26-23-17-29-25(32-24(23)34-11-13-35-14-12-34)33-30-16-21-5-6-22(15-28-21)31-20-3-1-18(2-4-20)19-7-9-27-10-8-19/h1-6,15-17,19,27,31H,7-14H2,(H,29,32,33)/b30-16+. The summed E-state index contributed by atoms with van der Waals surface area (Å²) in [4.78, 5) is 14.5. The third kappa shape index (κ3) is 6.09. The number of halogens is 1. The number of piperidine rings is 1. The van der Waals surface area contributed by atoms with Crippen LogP contribution in [0.3, 0.4) is 0 Å². The van der Waals surface area contributed by atoms with Crippen LogP contribution in [0.4, 0.5) is 27.5 Å². The third-order valence-corrected chi connectivity index (χ3v) is 6.19. The maximum Gasteiger partial charge on any atom is 0.245 e. The van der Waals surface area contributed by atoms with Crippen LogP contribution < -0.4 is 21.0 Å². The van der Waals surface area contributed by atoms with E-state index in [2.05, 4.69) is 60.4 Å². The number of anilines is 4. The van der Waals surface area contributed by atoms with Gasteiger partial charge in [0.25, 0.3) is 0 Å². The predicted octanol–water partition coefficient (Wildman–Crippen LogP) is 3.50. The van der Waals surface area contributed by atoms with Crippen LogP contribution in [0.15, 0.2) is 53.9 Å². The minimum absolute atomic E-state index is 0.218. The molecule has 0 amide bonds. The molecule has 2 aliphatic rings. The van der Waals surface area contributed by atoms with Gasteiger partial charge in [-0.25, -0.2) is 14.8 Å². The van der Waals surface area contributed by atoms with Crippen molar-refractivity contribution in [3.63, 3.8) is 0 Å². The van der Waals surface area contributed by atoms with Crippen LogP contribution in [0.5, 0.6) is 0 Å². The molecule has 0 aliphatic carbocycles. The number of nitrogens with one attached hydrogen (secondary N) is 3. The van der Waals surface area contributed by atoms with Gasteiger partial charge in [-0.05, 0) is 61.7 Å². The van der Waals surface area contributed by atoms with Crippen LogP contribution in [0.1, 0.15) is 30.0 Å². The number of hydrogen-bond donors (Lipinski definition) is 3. The van der Waals surface area contributed by atoms with Gasteiger partial charge in [0, 0.05) is 18.8 Å². The van der Waals surface area contributed by atoms with Crippen LogP contribution in [-0.2, 0) is 4.74 Å². The molecule has 4 heterocycles. The molecule has 2 aromatic heterocycles. The van der Waals surface area contributed by atoms with E-state index in [1.807, 2.05) is 17.0 Å². The molecule has 0 unspecified atom stereocenters. The first kappa shape index (κ1) is 23.1. The van der Waals surface area contributed by atoms with Gasteiger partial charge >= 0.3 is 0 Å². The van der Waals surface area contributed by atoms with E-state index in [9.17, 15) is 4.39 Å². The summed E-state index contributed by atoms with van der Waals surface area (Å²) in [6.45, 7) is 4.45. The van der Waals surface area contributed by atoms with Crippen molar-refractivity contribution in [2.24, 2.45) is 5.10 Å². The fourth-order valence-corrected chi connectivity index (χ4v) is 4.28. The third-order valence-electron chi connectivity index (χ3n) is 6.19. The first-order chi connectivity index (χ1) is 17.2. The minimum Gasteiger partial charge on any atom is -0.378 e. The van der Waals surface area contributed by atoms with E-state index >= 15 is 0 Å². The molecule has 10 heteroatoms. The van der Waals surface area contributed by atoms with Crippen molar-refractivity contribution in [3.8, 4) is 0 Å². The molecule has 5 rings (SSSR count). The molecular weight excluding hydrogens is 447 g/mol. The summed E-state index contributed by atoms with van der Waals surface area (Å²) in [6, 6.07) is 12.5. The second kappa shape index (κ2) is 11.2. The number of hydrazone groups is 1. The first-order valence-corrected chi connectivity index (χ1v) is 11.9. The molecular formula is C25H29FN8O. The lowest BCUT2D eigenvalue weighted by Crippen LogP contribution is -2.37. The zero-order chi connectivity index (χ0) is 23.9. The van der Waals surface area contributed by atoms with Gasteiger partial charge in [-0.1, -0.05) is 12.1 Å². The average Bonchev–Trinajstić information content (AvgIpc) is 2.92. The lowest BCUT2D eigenvalue weighted by Gasteiger charge is -2.27. The van der Waals surface area contributed by atoms with E-state index in [-0.39, 0.29) is 11.8 Å². The summed E-state index contributed by atoms with van der Waals surface area (Å²) >= 11 is 0. The van der Waals surface area contributed by atoms with Gasteiger partial charge in [-0.2, -0.15) is 10.1 Å². The topological polar surface area (TPSA) is 99.6 Å². The molecule has 0 bridgehead atoms. The zero-order valence-corrected chi connectivity index (χ0v) is 19.5. The molecule has 3 N–H and O–H groups in total. The van der Waals surface area contributed by atoms with Crippen LogP contribution in [-0.4, -0.2) is 60.6 Å². The van der Waals surface area contributed by atoms with Crippen molar-refractivity contribution in [1.82, 2.24) is 20.3 Å². The van der Waals surface area contributed by atoms with Crippen molar-refractivity contribution in [3.05, 3.63) is 65.9 Å². The predicted molar refractivity (Wildman–Crippen MR) is 135 cm³/mol. The SMILES string of the molecule is Fc1cnc(N/N=C/c2ccc(Nc3ccc(C4CCNCC4)cc3)cn2)nc1N1CCOCC1. The maximum absolute atomic E-state index is 14.1. The molecule has 2 fully saturated rings. The van der Waals surface area contributed by atoms with Crippen molar-refractivity contribution < 1.29 is 9.13 Å². The zero-order valence-electron chi connectivity index (χ0n) is 19.5. The van der Waals surface area contributed by atoms with E-state index in [0.717, 1.165) is 30.7 Å². The number of aromatic nitrogens is 3. The fraction of sp³-hybridized carbons (Fsp3) is 0.360. The van der Waals surface area contributed by atoms with Gasteiger partial charge in [0.2, 0.25) is 5.95 Å². The minimum atomic E-state index is -0.466. The number of pyridine rings is 1. The number of ether oxygens (including phenoxy) is 1. The molecule has 3 aromatic rings. The van der Waals surface area contributed by atoms with E-state index in [4.69, 9.17) is 4.74 Å². The smallest absolute Gasteiger partial charge is 0.245 e. The quantitative estimate of drug-likeness (QED) is 0.352. The van der Waals surface area contributed by atoms with E-state index in [1.165, 1.54) is 18.4 Å². The van der Waals surface area contributed by atoms with Gasteiger partial charge in [0.05, 0.1) is 43.2 Å². The molecule has 0 saturated carbocycles. The number of rotatable bonds is 7. The summed E-state index contributed by atoms with van der Waals surface area (Å²) in [7, 11) is 0. The molecule has 0 spiro atoms. The van der Waals surface area contributed by atoms with Crippen molar-refractivity contribution in [2.75, 3.05) is 55.0 Å². The Kier molecular flexibility index (Phi) is 7.40. The Hall–Kier alpha value is -3.63. The molecule has 9 nitrogen and oxygen atoms in total. The van der Waals surface area contributed by atoms with E-state index < -0.39 is 5.82 Å². The highest BCUT2D eigenvalue weighted by Gasteiger charge is 2.18. The monoisotopic (exact) mass is 476 g/mol. The summed E-state index contributed by atoms with van der Waals surface area (Å²) in [5.74, 6) is 0.645. The molecule has 1 aromatic carbocycles. The van der Waals surface area contributed by atoms with E-state index in [1.54, 1.807) is 12.4 Å². The lowest BCUT2D eigenvalue weighted by atomic mass is 9.90. The second-order valence-corrected chi connectivity index (χ2v) is 8.58. The molecule has 2 saturated heterocycles. The molecule has 0 atom stereocenters. The van der Waals surface area contributed by atoms with Crippen molar-refractivity contribution >= 4 is 29.4 Å². The largest absolute Gasteiger partial charge is 0.378 e. The fourth-order valence-electron chi connectivity index (χ4n) is 4.28. The average molecular weight is 477 g/mol. The lowest BCUT2D eigenvalue weighted by molar-refractivity contribution is 0.122. The molecule has 0 radical (unpaired) electrons. The Balaban J connectivity index is 1.15. The Morgan fingerprint density at radius 3 is 2.51 bits per heavy atom. The Morgan fingerprint density at radius 1 is 1.00 bits per heavy atom. The van der Waals surface area contributed by atoms with Crippen molar-refractivity contribution in [1.29, 1.82) is 0 Å². The number of nitrogens with zero attached hydrogens (tertiary/aromatic N) is 5. The number of hydrogen-bond acceptors (Lipinski definition) is 9. The second-order valence-electron chi connectivity index (χ2n) is 8.58. The summed E-state index contributed by atoms with van der Waals surface area (Å²) < 4.78 is 19.5. The number of morpholine rings is 1. The number of benzene rings is 1. The van der Waals surface area contributed by atoms with Gasteiger partial charge < -0.3 is 20.3 Å². The highest BCUT2D eigenvalue weighted by Crippen LogP contribution is 2.27. The normalized spacial score (nSPS) is 17.0. The molecule has 182 valence electrons. The molecule has 2 aliphatic heterocycles. The highest BCUT2D eigenvalue weighted by atomic mass is 19.1. The Bertz CT molecular complexity index is 1130. The molecule has 35 heavy (non-hydrogen) atoms. The summed E-state index contributed by atoms with van der Waals surface area (Å²) in [6.07, 6.45) is 6.85. The van der Waals surface area contributed by atoms with E-state index in [0.29, 0.717) is 37.9 Å². The maximum atomic E-state index is 14.1. The summed E-state index contributed by atoms with van der Waals surface area (Å²) in [5, 5.41) is 10.9. The van der Waals surface area contributed by atoms with Gasteiger partial charge in [-0.3, -0.25) is 4.98 Å². The summed E-state index contributed by atoms with van der Waals surface area (Å²) in [5.41, 5.74) is 6.73. The van der Waals surface area contributed by atoms with Crippen molar-refractivity contribution in [2.45, 2.75) is 18.8 Å². The van der Waals surface area contributed by atoms with Crippen LogP contribution in [0.25, 0.3) is 0 Å². The van der Waals surface area contributed by atoms with Crippen LogP contribution in [0, 0.1) is 5.82 Å². The van der Waals surface area contributed by atoms with Gasteiger partial charge in [-0.15, -0.1) is 0 Å².